The molecule has 4 aromatic rings. The SMILES string of the molecule is O=C(NCc1ccc(F)cc1)c1cccc(Cn2cnc3ccc(Br)cc3c2=O)c1. The smallest absolute Gasteiger partial charge is 0.261 e. The number of hydrogen-bond acceptors (Lipinski definition) is 3. The highest BCUT2D eigenvalue weighted by Crippen LogP contribution is 2.15. The number of amides is 1. The molecular weight excluding hydrogens is 449 g/mol. The van der Waals surface area contributed by atoms with E-state index in [1.807, 2.05) is 12.1 Å². The van der Waals surface area contributed by atoms with Gasteiger partial charge in [0.15, 0.2) is 0 Å². The molecule has 1 heterocycles. The summed E-state index contributed by atoms with van der Waals surface area (Å²) in [5.74, 6) is -0.558. The predicted octanol–water partition coefficient (Wildman–Crippen LogP) is 4.28. The minimum absolute atomic E-state index is 0.146. The molecule has 0 spiro atoms. The fourth-order valence-electron chi connectivity index (χ4n) is 3.14. The summed E-state index contributed by atoms with van der Waals surface area (Å²) in [5.41, 5.74) is 2.59. The van der Waals surface area contributed by atoms with E-state index in [-0.39, 0.29) is 17.3 Å². The van der Waals surface area contributed by atoms with Crippen LogP contribution in [-0.2, 0) is 13.1 Å². The molecule has 5 nitrogen and oxygen atoms in total. The Morgan fingerprint density at radius 1 is 1.03 bits per heavy atom. The first-order valence-electron chi connectivity index (χ1n) is 9.26. The maximum atomic E-state index is 13.0. The van der Waals surface area contributed by atoms with Crippen LogP contribution in [0.5, 0.6) is 0 Å². The molecule has 1 aromatic heterocycles. The van der Waals surface area contributed by atoms with E-state index < -0.39 is 0 Å². The molecule has 0 saturated heterocycles. The van der Waals surface area contributed by atoms with Gasteiger partial charge in [0.1, 0.15) is 5.82 Å². The van der Waals surface area contributed by atoms with Crippen LogP contribution >= 0.6 is 15.9 Å². The van der Waals surface area contributed by atoms with Crippen LogP contribution in [0.4, 0.5) is 4.39 Å². The standard InChI is InChI=1S/C23H17BrFN3O2/c24-18-6-9-21-20(11-18)23(30)28(14-27-21)13-16-2-1-3-17(10-16)22(29)26-12-15-4-7-19(25)8-5-15/h1-11,14H,12-13H2,(H,26,29). The Bertz CT molecular complexity index is 1290. The van der Waals surface area contributed by atoms with Crippen LogP contribution in [0.15, 0.2) is 82.3 Å². The number of aromatic nitrogens is 2. The van der Waals surface area contributed by atoms with E-state index in [1.54, 1.807) is 42.5 Å². The number of carbonyl (C=O) groups is 1. The third-order valence-corrected chi connectivity index (χ3v) is 5.19. The molecule has 0 fully saturated rings. The molecule has 0 aliphatic rings. The molecule has 1 amide bonds. The summed E-state index contributed by atoms with van der Waals surface area (Å²) in [6, 6.07) is 18.4. The van der Waals surface area contributed by atoms with Crippen molar-refractivity contribution in [3.63, 3.8) is 0 Å². The van der Waals surface area contributed by atoms with Crippen LogP contribution in [-0.4, -0.2) is 15.5 Å². The van der Waals surface area contributed by atoms with Crippen molar-refractivity contribution in [2.75, 3.05) is 0 Å². The Morgan fingerprint density at radius 2 is 1.83 bits per heavy atom. The molecule has 7 heteroatoms. The van der Waals surface area contributed by atoms with E-state index in [1.165, 1.54) is 23.0 Å². The Kier molecular flexibility index (Phi) is 5.72. The largest absolute Gasteiger partial charge is 0.348 e. The van der Waals surface area contributed by atoms with Gasteiger partial charge in [-0.1, -0.05) is 40.2 Å². The second kappa shape index (κ2) is 8.59. The van der Waals surface area contributed by atoms with Gasteiger partial charge in [0, 0.05) is 16.6 Å². The van der Waals surface area contributed by atoms with Gasteiger partial charge in [0.25, 0.3) is 11.5 Å². The summed E-state index contributed by atoms with van der Waals surface area (Å²) in [5, 5.41) is 3.35. The number of nitrogens with one attached hydrogen (secondary N) is 1. The van der Waals surface area contributed by atoms with Gasteiger partial charge in [0.2, 0.25) is 0 Å². The van der Waals surface area contributed by atoms with Crippen molar-refractivity contribution in [3.8, 4) is 0 Å². The molecular formula is C23H17BrFN3O2. The normalized spacial score (nSPS) is 10.9. The summed E-state index contributed by atoms with van der Waals surface area (Å²) >= 11 is 3.38. The van der Waals surface area contributed by atoms with Gasteiger partial charge < -0.3 is 5.32 Å². The quantitative estimate of drug-likeness (QED) is 0.478. The summed E-state index contributed by atoms with van der Waals surface area (Å²) in [7, 11) is 0. The lowest BCUT2D eigenvalue weighted by Crippen LogP contribution is -2.23. The van der Waals surface area contributed by atoms with E-state index in [9.17, 15) is 14.0 Å². The number of benzene rings is 3. The van der Waals surface area contributed by atoms with Crippen molar-refractivity contribution in [2.24, 2.45) is 0 Å². The lowest BCUT2D eigenvalue weighted by Gasteiger charge is -2.09. The molecule has 4 rings (SSSR count). The van der Waals surface area contributed by atoms with E-state index >= 15 is 0 Å². The van der Waals surface area contributed by atoms with Crippen LogP contribution in [0.2, 0.25) is 0 Å². The second-order valence-corrected chi connectivity index (χ2v) is 7.76. The van der Waals surface area contributed by atoms with Gasteiger partial charge in [-0.2, -0.15) is 0 Å². The molecule has 0 aliphatic heterocycles. The molecule has 0 atom stereocenters. The summed E-state index contributed by atoms with van der Waals surface area (Å²) < 4.78 is 15.3. The monoisotopic (exact) mass is 465 g/mol. The molecule has 0 bridgehead atoms. The van der Waals surface area contributed by atoms with Crippen LogP contribution < -0.4 is 10.9 Å². The number of halogens is 2. The van der Waals surface area contributed by atoms with Crippen LogP contribution in [0.3, 0.4) is 0 Å². The predicted molar refractivity (Wildman–Crippen MR) is 117 cm³/mol. The fourth-order valence-corrected chi connectivity index (χ4v) is 3.50. The lowest BCUT2D eigenvalue weighted by molar-refractivity contribution is 0.0951. The maximum absolute atomic E-state index is 13.0. The minimum Gasteiger partial charge on any atom is -0.348 e. The van der Waals surface area contributed by atoms with E-state index in [0.717, 1.165) is 15.6 Å². The molecule has 150 valence electrons. The Labute approximate surface area is 180 Å². The first kappa shape index (κ1) is 20.0. The summed E-state index contributed by atoms with van der Waals surface area (Å²) in [6.07, 6.45) is 1.51. The molecule has 0 unspecified atom stereocenters. The third-order valence-electron chi connectivity index (χ3n) is 4.69. The van der Waals surface area contributed by atoms with Crippen LogP contribution in [0.1, 0.15) is 21.5 Å². The zero-order valence-corrected chi connectivity index (χ0v) is 17.4. The van der Waals surface area contributed by atoms with Gasteiger partial charge >= 0.3 is 0 Å². The second-order valence-electron chi connectivity index (χ2n) is 6.85. The number of carbonyl (C=O) groups excluding carboxylic acids is 1. The zero-order valence-electron chi connectivity index (χ0n) is 15.8. The van der Waals surface area contributed by atoms with E-state index in [2.05, 4.69) is 26.2 Å². The minimum atomic E-state index is -0.316. The molecule has 1 N–H and O–H groups in total. The first-order valence-corrected chi connectivity index (χ1v) is 10.1. The Hall–Kier alpha value is -3.32. The molecule has 30 heavy (non-hydrogen) atoms. The average molecular weight is 466 g/mol. The molecule has 0 aliphatic carbocycles. The van der Waals surface area contributed by atoms with Gasteiger partial charge in [-0.15, -0.1) is 0 Å². The topological polar surface area (TPSA) is 64.0 Å². The highest BCUT2D eigenvalue weighted by Gasteiger charge is 2.09. The fraction of sp³-hybridized carbons (Fsp3) is 0.0870. The highest BCUT2D eigenvalue weighted by atomic mass is 79.9. The number of fused-ring (bicyclic) bond motifs is 1. The maximum Gasteiger partial charge on any atom is 0.261 e. The van der Waals surface area contributed by atoms with E-state index in [4.69, 9.17) is 0 Å². The Balaban J connectivity index is 1.51. The number of rotatable bonds is 5. The van der Waals surface area contributed by atoms with Crippen molar-refractivity contribution in [1.82, 2.24) is 14.9 Å². The van der Waals surface area contributed by atoms with Crippen molar-refractivity contribution in [2.45, 2.75) is 13.1 Å². The summed E-state index contributed by atoms with van der Waals surface area (Å²) in [6.45, 7) is 0.597. The summed E-state index contributed by atoms with van der Waals surface area (Å²) in [4.78, 5) is 29.6. The average Bonchev–Trinajstić information content (AvgIpc) is 2.76. The zero-order chi connectivity index (χ0) is 21.1. The van der Waals surface area contributed by atoms with Crippen molar-refractivity contribution in [3.05, 3.63) is 110 Å². The van der Waals surface area contributed by atoms with Gasteiger partial charge in [-0.3, -0.25) is 14.2 Å². The Morgan fingerprint density at radius 3 is 2.63 bits per heavy atom. The van der Waals surface area contributed by atoms with Crippen molar-refractivity contribution < 1.29 is 9.18 Å². The van der Waals surface area contributed by atoms with Crippen molar-refractivity contribution >= 4 is 32.7 Å². The number of hydrogen-bond donors (Lipinski definition) is 1. The molecule has 0 saturated carbocycles. The van der Waals surface area contributed by atoms with Crippen LogP contribution in [0, 0.1) is 5.82 Å². The number of nitrogens with zero attached hydrogens (tertiary/aromatic N) is 2. The van der Waals surface area contributed by atoms with Gasteiger partial charge in [0.05, 0.1) is 23.8 Å². The van der Waals surface area contributed by atoms with Crippen molar-refractivity contribution in [1.29, 1.82) is 0 Å². The van der Waals surface area contributed by atoms with Gasteiger partial charge in [-0.05, 0) is 53.6 Å². The third kappa shape index (κ3) is 4.46. The lowest BCUT2D eigenvalue weighted by atomic mass is 10.1. The van der Waals surface area contributed by atoms with E-state index in [0.29, 0.717) is 29.6 Å². The van der Waals surface area contributed by atoms with Gasteiger partial charge in [-0.25, -0.2) is 9.37 Å². The first-order chi connectivity index (χ1) is 14.5. The molecule has 0 radical (unpaired) electrons. The van der Waals surface area contributed by atoms with Crippen LogP contribution in [0.25, 0.3) is 10.9 Å². The molecule has 3 aromatic carbocycles. The highest BCUT2D eigenvalue weighted by molar-refractivity contribution is 9.10.